The minimum absolute atomic E-state index is 0.0946. The summed E-state index contributed by atoms with van der Waals surface area (Å²) < 4.78 is 0.921. The van der Waals surface area contributed by atoms with Gasteiger partial charge in [0.2, 0.25) is 0 Å². The van der Waals surface area contributed by atoms with Crippen LogP contribution in [0.4, 0.5) is 5.69 Å². The molecule has 2 rings (SSSR count). The molecule has 5 heteroatoms. The Hall–Kier alpha value is -1.27. The number of carbonyl (C=O) groups is 1. The third-order valence-corrected chi connectivity index (χ3v) is 3.50. The van der Waals surface area contributed by atoms with Gasteiger partial charge in [0.1, 0.15) is 5.75 Å². The number of nitrogens with one attached hydrogen (secondary N) is 1. The topological polar surface area (TPSA) is 49.3 Å². The minimum Gasteiger partial charge on any atom is -0.507 e. The number of anilines is 1. The van der Waals surface area contributed by atoms with Gasteiger partial charge >= 0.3 is 0 Å². The maximum atomic E-state index is 12.0. The van der Waals surface area contributed by atoms with Crippen molar-refractivity contribution in [2.75, 3.05) is 5.32 Å². The van der Waals surface area contributed by atoms with Gasteiger partial charge in [0.25, 0.3) is 5.91 Å². The van der Waals surface area contributed by atoms with Gasteiger partial charge in [0.05, 0.1) is 11.3 Å². The number of para-hydroxylation sites is 1. The number of phenols is 1. The molecule has 2 aromatic carbocycles. The lowest BCUT2D eigenvalue weighted by Crippen LogP contribution is -2.12. The second-order valence-electron chi connectivity index (χ2n) is 3.60. The molecule has 0 heterocycles. The van der Waals surface area contributed by atoms with Crippen LogP contribution in [0.15, 0.2) is 42.5 Å². The first-order valence-corrected chi connectivity index (χ1v) is 6.58. The first-order chi connectivity index (χ1) is 8.58. The van der Waals surface area contributed by atoms with Crippen molar-refractivity contribution < 1.29 is 9.90 Å². The number of aromatic hydroxyl groups is 1. The Labute approximate surface area is 123 Å². The van der Waals surface area contributed by atoms with E-state index >= 15 is 0 Å². The summed E-state index contributed by atoms with van der Waals surface area (Å²) >= 11 is 7.93. The summed E-state index contributed by atoms with van der Waals surface area (Å²) in [5.41, 5.74) is 0.852. The average molecular weight is 374 g/mol. The summed E-state index contributed by atoms with van der Waals surface area (Å²) in [4.78, 5) is 12.0. The third kappa shape index (κ3) is 2.94. The Morgan fingerprint density at radius 2 is 1.94 bits per heavy atom. The van der Waals surface area contributed by atoms with Gasteiger partial charge in [-0.25, -0.2) is 0 Å². The van der Waals surface area contributed by atoms with E-state index in [0.717, 1.165) is 3.57 Å². The highest BCUT2D eigenvalue weighted by molar-refractivity contribution is 14.1. The van der Waals surface area contributed by atoms with Crippen molar-refractivity contribution in [3.8, 4) is 5.75 Å². The van der Waals surface area contributed by atoms with Gasteiger partial charge in [0.15, 0.2) is 0 Å². The Kier molecular flexibility index (Phi) is 4.08. The fourth-order valence-corrected chi connectivity index (χ4v) is 2.14. The zero-order chi connectivity index (χ0) is 13.1. The molecule has 92 valence electrons. The molecular weight excluding hydrogens is 365 g/mol. The number of halogens is 2. The number of amides is 1. The van der Waals surface area contributed by atoms with Crippen LogP contribution in [0.25, 0.3) is 0 Å². The summed E-state index contributed by atoms with van der Waals surface area (Å²) in [7, 11) is 0. The molecule has 0 atom stereocenters. The summed E-state index contributed by atoms with van der Waals surface area (Å²) in [5, 5.41) is 12.8. The fraction of sp³-hybridized carbons (Fsp3) is 0. The van der Waals surface area contributed by atoms with Crippen LogP contribution in [0.3, 0.4) is 0 Å². The second-order valence-corrected chi connectivity index (χ2v) is 5.19. The van der Waals surface area contributed by atoms with E-state index in [1.165, 1.54) is 18.2 Å². The lowest BCUT2D eigenvalue weighted by Gasteiger charge is -2.08. The van der Waals surface area contributed by atoms with E-state index in [1.54, 1.807) is 6.07 Å². The maximum Gasteiger partial charge on any atom is 0.259 e. The van der Waals surface area contributed by atoms with Gasteiger partial charge in [-0.05, 0) is 52.9 Å². The van der Waals surface area contributed by atoms with E-state index in [2.05, 4.69) is 27.9 Å². The molecule has 0 aliphatic rings. The van der Waals surface area contributed by atoms with Crippen molar-refractivity contribution in [3.63, 3.8) is 0 Å². The first-order valence-electron chi connectivity index (χ1n) is 5.12. The molecule has 2 N–H and O–H groups in total. The second kappa shape index (κ2) is 5.58. The Morgan fingerprint density at radius 1 is 1.22 bits per heavy atom. The fourth-order valence-electron chi connectivity index (χ4n) is 1.44. The predicted molar refractivity (Wildman–Crippen MR) is 80.2 cm³/mol. The molecule has 0 saturated carbocycles. The number of rotatable bonds is 2. The number of carbonyl (C=O) groups excluding carboxylic acids is 1. The molecule has 0 radical (unpaired) electrons. The van der Waals surface area contributed by atoms with Gasteiger partial charge in [-0.3, -0.25) is 4.79 Å². The van der Waals surface area contributed by atoms with Crippen molar-refractivity contribution in [1.82, 2.24) is 0 Å². The van der Waals surface area contributed by atoms with E-state index in [1.807, 2.05) is 18.2 Å². The van der Waals surface area contributed by atoms with Crippen LogP contribution in [0, 0.1) is 3.57 Å². The van der Waals surface area contributed by atoms with Crippen LogP contribution in [0.5, 0.6) is 5.75 Å². The van der Waals surface area contributed by atoms with E-state index in [4.69, 9.17) is 11.6 Å². The molecule has 0 bridgehead atoms. The molecule has 0 fully saturated rings. The number of hydrogen-bond acceptors (Lipinski definition) is 2. The van der Waals surface area contributed by atoms with Gasteiger partial charge in [-0.1, -0.05) is 23.7 Å². The highest BCUT2D eigenvalue weighted by Crippen LogP contribution is 2.24. The van der Waals surface area contributed by atoms with Crippen molar-refractivity contribution in [1.29, 1.82) is 0 Å². The molecule has 0 unspecified atom stereocenters. The van der Waals surface area contributed by atoms with E-state index in [-0.39, 0.29) is 17.2 Å². The molecule has 0 aliphatic carbocycles. The molecule has 2 aromatic rings. The highest BCUT2D eigenvalue weighted by atomic mass is 127. The van der Waals surface area contributed by atoms with Crippen LogP contribution < -0.4 is 5.32 Å². The molecule has 0 aromatic heterocycles. The summed E-state index contributed by atoms with van der Waals surface area (Å²) in [6, 6.07) is 11.7. The Bertz CT molecular complexity index is 601. The number of benzene rings is 2. The van der Waals surface area contributed by atoms with Crippen molar-refractivity contribution in [2.24, 2.45) is 0 Å². The van der Waals surface area contributed by atoms with Gasteiger partial charge < -0.3 is 10.4 Å². The van der Waals surface area contributed by atoms with E-state index in [9.17, 15) is 9.90 Å². The van der Waals surface area contributed by atoms with Crippen LogP contribution in [-0.4, -0.2) is 11.0 Å². The van der Waals surface area contributed by atoms with Crippen molar-refractivity contribution >= 4 is 45.8 Å². The SMILES string of the molecule is O=C(Nc1ccccc1I)c1cc(Cl)ccc1O. The largest absolute Gasteiger partial charge is 0.507 e. The van der Waals surface area contributed by atoms with Crippen molar-refractivity contribution in [3.05, 3.63) is 56.6 Å². The van der Waals surface area contributed by atoms with Gasteiger partial charge in [-0.15, -0.1) is 0 Å². The standard InChI is InChI=1S/C13H9ClINO2/c14-8-5-6-12(17)9(7-8)13(18)16-11-4-2-1-3-10(11)15/h1-7,17H,(H,16,18). The lowest BCUT2D eigenvalue weighted by molar-refractivity contribution is 0.102. The summed E-state index contributed by atoms with van der Waals surface area (Å²) in [6.45, 7) is 0. The smallest absolute Gasteiger partial charge is 0.259 e. The molecule has 0 saturated heterocycles. The van der Waals surface area contributed by atoms with Crippen molar-refractivity contribution in [2.45, 2.75) is 0 Å². The average Bonchev–Trinajstić information content (AvgIpc) is 2.35. The Balaban J connectivity index is 2.28. The van der Waals surface area contributed by atoms with E-state index < -0.39 is 0 Å². The first kappa shape index (κ1) is 13.2. The zero-order valence-electron chi connectivity index (χ0n) is 9.15. The van der Waals surface area contributed by atoms with E-state index in [0.29, 0.717) is 10.7 Å². The minimum atomic E-state index is -0.390. The lowest BCUT2D eigenvalue weighted by atomic mass is 10.2. The molecular formula is C13H9ClINO2. The van der Waals surface area contributed by atoms with Crippen LogP contribution in [-0.2, 0) is 0 Å². The zero-order valence-corrected chi connectivity index (χ0v) is 12.1. The normalized spacial score (nSPS) is 10.1. The van der Waals surface area contributed by atoms with Gasteiger partial charge in [0, 0.05) is 8.59 Å². The summed E-state index contributed by atoms with van der Waals surface area (Å²) in [5.74, 6) is -0.484. The molecule has 18 heavy (non-hydrogen) atoms. The van der Waals surface area contributed by atoms with Crippen LogP contribution in [0.2, 0.25) is 5.02 Å². The molecule has 1 amide bonds. The number of phenolic OH excluding ortho intramolecular Hbond substituents is 1. The highest BCUT2D eigenvalue weighted by Gasteiger charge is 2.12. The number of hydrogen-bond donors (Lipinski definition) is 2. The monoisotopic (exact) mass is 373 g/mol. The molecule has 0 aliphatic heterocycles. The van der Waals surface area contributed by atoms with Gasteiger partial charge in [-0.2, -0.15) is 0 Å². The quantitative estimate of drug-likeness (QED) is 0.784. The molecule has 0 spiro atoms. The summed E-state index contributed by atoms with van der Waals surface area (Å²) in [6.07, 6.45) is 0. The molecule has 3 nitrogen and oxygen atoms in total. The van der Waals surface area contributed by atoms with Crippen LogP contribution in [0.1, 0.15) is 10.4 Å². The Morgan fingerprint density at radius 3 is 2.67 bits per heavy atom. The third-order valence-electron chi connectivity index (χ3n) is 2.33. The van der Waals surface area contributed by atoms with Crippen LogP contribution >= 0.6 is 34.2 Å². The predicted octanol–water partition coefficient (Wildman–Crippen LogP) is 3.90. The maximum absolute atomic E-state index is 12.0.